The lowest BCUT2D eigenvalue weighted by molar-refractivity contribution is 0.262. The minimum Gasteiger partial charge on any atom is -0.493 e. The number of thiazole rings is 1. The Morgan fingerprint density at radius 2 is 1.88 bits per heavy atom. The number of methoxy groups -OCH3 is 2. The summed E-state index contributed by atoms with van der Waals surface area (Å²) in [5.74, 6) is 1.93. The molecule has 4 aromatic rings. The fourth-order valence-corrected chi connectivity index (χ4v) is 4.34. The van der Waals surface area contributed by atoms with Gasteiger partial charge in [0.2, 0.25) is 0 Å². The molecule has 2 aromatic carbocycles. The molecular weight excluding hydrogens is 508 g/mol. The number of fused-ring (bicyclic) bond motifs is 1. The summed E-state index contributed by atoms with van der Waals surface area (Å²) in [7, 11) is 3.18. The Labute approximate surface area is 202 Å². The molecule has 9 nitrogen and oxygen atoms in total. The first kappa shape index (κ1) is 22.7. The largest absolute Gasteiger partial charge is 0.493 e. The molecule has 2 heterocycles. The SMILES string of the molecule is COc1cc2ncnc(NCCc3cnc(NC(=O)Nc4cccc(Br)c4)s3)c2cc1OC. The number of anilines is 3. The van der Waals surface area contributed by atoms with Gasteiger partial charge in [0.1, 0.15) is 12.1 Å². The van der Waals surface area contributed by atoms with Crippen LogP contribution >= 0.6 is 27.3 Å². The van der Waals surface area contributed by atoms with E-state index in [-0.39, 0.29) is 6.03 Å². The number of ether oxygens (including phenoxy) is 2. The van der Waals surface area contributed by atoms with Crippen LogP contribution in [0.4, 0.5) is 21.4 Å². The van der Waals surface area contributed by atoms with E-state index >= 15 is 0 Å². The van der Waals surface area contributed by atoms with Gasteiger partial charge in [0, 0.05) is 45.7 Å². The van der Waals surface area contributed by atoms with Crippen molar-refractivity contribution in [1.82, 2.24) is 15.0 Å². The third kappa shape index (κ3) is 5.68. The quantitative estimate of drug-likeness (QED) is 0.289. The zero-order valence-corrected chi connectivity index (χ0v) is 20.3. The lowest BCUT2D eigenvalue weighted by atomic mass is 10.2. The number of hydrogen-bond donors (Lipinski definition) is 3. The average molecular weight is 529 g/mol. The highest BCUT2D eigenvalue weighted by molar-refractivity contribution is 9.10. The summed E-state index contributed by atoms with van der Waals surface area (Å²) in [5.41, 5.74) is 1.44. The van der Waals surface area contributed by atoms with Crippen LogP contribution in [0.25, 0.3) is 10.9 Å². The molecule has 0 saturated carbocycles. The fraction of sp³-hybridized carbons (Fsp3) is 0.182. The van der Waals surface area contributed by atoms with E-state index in [0.717, 1.165) is 20.3 Å². The fourth-order valence-electron chi connectivity index (χ4n) is 3.13. The van der Waals surface area contributed by atoms with Crippen LogP contribution in [0.15, 0.2) is 53.4 Å². The Bertz CT molecular complexity index is 1280. The maximum Gasteiger partial charge on any atom is 0.325 e. The Morgan fingerprint density at radius 3 is 2.67 bits per heavy atom. The second-order valence-corrected chi connectivity index (χ2v) is 8.88. The molecule has 170 valence electrons. The number of aromatic nitrogens is 3. The van der Waals surface area contributed by atoms with Crippen LogP contribution < -0.4 is 25.4 Å². The van der Waals surface area contributed by atoms with Crippen molar-refractivity contribution in [3.8, 4) is 11.5 Å². The minimum absolute atomic E-state index is 0.344. The van der Waals surface area contributed by atoms with E-state index < -0.39 is 0 Å². The number of carbonyl (C=O) groups is 1. The molecule has 0 aliphatic heterocycles. The normalized spacial score (nSPS) is 10.6. The zero-order chi connectivity index (χ0) is 23.2. The van der Waals surface area contributed by atoms with Gasteiger partial charge >= 0.3 is 6.03 Å². The Hall–Kier alpha value is -3.44. The van der Waals surface area contributed by atoms with Crippen molar-refractivity contribution in [3.05, 3.63) is 58.3 Å². The number of nitrogens with zero attached hydrogens (tertiary/aromatic N) is 3. The lowest BCUT2D eigenvalue weighted by Gasteiger charge is -2.11. The first-order chi connectivity index (χ1) is 16.1. The van der Waals surface area contributed by atoms with E-state index in [9.17, 15) is 4.79 Å². The summed E-state index contributed by atoms with van der Waals surface area (Å²) in [6, 6.07) is 10.7. The average Bonchev–Trinajstić information content (AvgIpc) is 3.25. The summed E-state index contributed by atoms with van der Waals surface area (Å²) < 4.78 is 11.6. The molecule has 11 heteroatoms. The second-order valence-electron chi connectivity index (χ2n) is 6.84. The highest BCUT2D eigenvalue weighted by Gasteiger charge is 2.11. The number of nitrogens with one attached hydrogen (secondary N) is 3. The first-order valence-corrected chi connectivity index (χ1v) is 11.6. The number of amides is 2. The minimum atomic E-state index is -0.344. The van der Waals surface area contributed by atoms with Crippen molar-refractivity contribution in [1.29, 1.82) is 0 Å². The van der Waals surface area contributed by atoms with Gasteiger partial charge in [0.25, 0.3) is 0 Å². The van der Waals surface area contributed by atoms with Crippen LogP contribution in [-0.2, 0) is 6.42 Å². The monoisotopic (exact) mass is 528 g/mol. The highest BCUT2D eigenvalue weighted by atomic mass is 79.9. The predicted molar refractivity (Wildman–Crippen MR) is 134 cm³/mol. The van der Waals surface area contributed by atoms with Crippen LogP contribution in [0.2, 0.25) is 0 Å². The third-order valence-corrected chi connectivity index (χ3v) is 6.13. The topological polar surface area (TPSA) is 110 Å². The van der Waals surface area contributed by atoms with Gasteiger partial charge in [0.15, 0.2) is 16.6 Å². The molecule has 0 bridgehead atoms. The summed E-state index contributed by atoms with van der Waals surface area (Å²) in [6.45, 7) is 0.631. The van der Waals surface area contributed by atoms with Crippen molar-refractivity contribution >= 4 is 60.8 Å². The number of benzene rings is 2. The number of urea groups is 1. The molecule has 33 heavy (non-hydrogen) atoms. The van der Waals surface area contributed by atoms with Crippen LogP contribution in [0.3, 0.4) is 0 Å². The van der Waals surface area contributed by atoms with Gasteiger partial charge in [-0.25, -0.2) is 19.7 Å². The Kier molecular flexibility index (Phi) is 7.20. The van der Waals surface area contributed by atoms with Gasteiger partial charge in [-0.3, -0.25) is 5.32 Å². The maximum atomic E-state index is 12.2. The van der Waals surface area contributed by atoms with Crippen molar-refractivity contribution in [2.24, 2.45) is 0 Å². The summed E-state index contributed by atoms with van der Waals surface area (Å²) >= 11 is 4.81. The van der Waals surface area contributed by atoms with Gasteiger partial charge in [-0.15, -0.1) is 11.3 Å². The molecule has 0 fully saturated rings. The summed E-state index contributed by atoms with van der Waals surface area (Å²) in [4.78, 5) is 26.2. The molecule has 2 amide bonds. The maximum absolute atomic E-state index is 12.2. The molecule has 0 atom stereocenters. The Balaban J connectivity index is 1.35. The van der Waals surface area contributed by atoms with Gasteiger partial charge in [-0.2, -0.15) is 0 Å². The van der Waals surface area contributed by atoms with Crippen molar-refractivity contribution in [3.63, 3.8) is 0 Å². The summed E-state index contributed by atoms with van der Waals surface area (Å²) in [6.07, 6.45) is 3.98. The van der Waals surface area contributed by atoms with Crippen molar-refractivity contribution < 1.29 is 14.3 Å². The second kappa shape index (κ2) is 10.5. The molecule has 0 unspecified atom stereocenters. The van der Waals surface area contributed by atoms with E-state index in [1.54, 1.807) is 20.4 Å². The third-order valence-electron chi connectivity index (χ3n) is 4.66. The van der Waals surface area contributed by atoms with Crippen LogP contribution in [0.1, 0.15) is 4.88 Å². The van der Waals surface area contributed by atoms with E-state index in [0.29, 0.717) is 41.1 Å². The standard InChI is InChI=1S/C22H21BrN6O3S/c1-31-18-9-16-17(10-19(18)32-2)26-12-27-20(16)24-7-6-15-11-25-22(33-15)29-21(30)28-14-5-3-4-13(23)8-14/h3-5,8-12H,6-7H2,1-2H3,(H,24,26,27)(H2,25,28,29,30). The van der Waals surface area contributed by atoms with Crippen molar-refractivity contribution in [2.75, 3.05) is 36.7 Å². The number of halogens is 1. The smallest absolute Gasteiger partial charge is 0.325 e. The molecule has 4 rings (SSSR count). The van der Waals surface area contributed by atoms with E-state index in [1.807, 2.05) is 36.4 Å². The summed E-state index contributed by atoms with van der Waals surface area (Å²) in [5, 5.41) is 10.3. The van der Waals surface area contributed by atoms with Gasteiger partial charge < -0.3 is 20.1 Å². The number of hydrogen-bond acceptors (Lipinski definition) is 8. The van der Waals surface area contributed by atoms with Gasteiger partial charge in [0.05, 0.1) is 19.7 Å². The Morgan fingerprint density at radius 1 is 1.06 bits per heavy atom. The van der Waals surface area contributed by atoms with Gasteiger partial charge in [-0.05, 0) is 24.3 Å². The van der Waals surface area contributed by atoms with Crippen LogP contribution in [-0.4, -0.2) is 41.7 Å². The molecule has 0 saturated heterocycles. The van der Waals surface area contributed by atoms with E-state index in [1.165, 1.54) is 17.7 Å². The zero-order valence-electron chi connectivity index (χ0n) is 17.9. The predicted octanol–water partition coefficient (Wildman–Crippen LogP) is 5.16. The van der Waals surface area contributed by atoms with E-state index in [4.69, 9.17) is 9.47 Å². The molecule has 3 N–H and O–H groups in total. The molecule has 0 aliphatic rings. The van der Waals surface area contributed by atoms with Crippen LogP contribution in [0, 0.1) is 0 Å². The molecule has 0 aliphatic carbocycles. The number of carbonyl (C=O) groups excluding carboxylic acids is 1. The molecule has 0 spiro atoms. The lowest BCUT2D eigenvalue weighted by Crippen LogP contribution is -2.19. The van der Waals surface area contributed by atoms with Crippen LogP contribution in [0.5, 0.6) is 11.5 Å². The molecule has 2 aromatic heterocycles. The van der Waals surface area contributed by atoms with Gasteiger partial charge in [-0.1, -0.05) is 22.0 Å². The van der Waals surface area contributed by atoms with E-state index in [2.05, 4.69) is 46.8 Å². The van der Waals surface area contributed by atoms with Crippen molar-refractivity contribution in [2.45, 2.75) is 6.42 Å². The number of rotatable bonds is 8. The molecular formula is C22H21BrN6O3S. The highest BCUT2D eigenvalue weighted by Crippen LogP contribution is 2.33. The molecule has 0 radical (unpaired) electrons. The first-order valence-electron chi connectivity index (χ1n) is 9.94.